The fraction of sp³-hybridized carbons (Fsp3) is 0.636. The number of carbonyl (C=O) groups excluding carboxylic acids is 1. The Morgan fingerprint density at radius 1 is 1.44 bits per heavy atom. The van der Waals surface area contributed by atoms with E-state index in [4.69, 9.17) is 0 Å². The van der Waals surface area contributed by atoms with Gasteiger partial charge in [0.1, 0.15) is 5.56 Å². The number of H-pyrrole nitrogens is 1. The summed E-state index contributed by atoms with van der Waals surface area (Å²) in [6, 6.07) is 0. The summed E-state index contributed by atoms with van der Waals surface area (Å²) >= 11 is 0. The van der Waals surface area contributed by atoms with Crippen LogP contribution in [0.3, 0.4) is 0 Å². The van der Waals surface area contributed by atoms with Crippen LogP contribution in [0.15, 0.2) is 11.0 Å². The van der Waals surface area contributed by atoms with E-state index < -0.39 is 5.56 Å². The van der Waals surface area contributed by atoms with E-state index in [0.717, 1.165) is 19.3 Å². The first-order chi connectivity index (χ1) is 7.69. The van der Waals surface area contributed by atoms with Crippen molar-refractivity contribution < 1.29 is 4.79 Å². The van der Waals surface area contributed by atoms with Crippen molar-refractivity contribution >= 4 is 5.78 Å². The number of aromatic nitrogens is 3. The smallest absolute Gasteiger partial charge is 0.278 e. The highest BCUT2D eigenvalue weighted by Gasteiger charge is 2.13. The molecule has 0 radical (unpaired) electrons. The van der Waals surface area contributed by atoms with Crippen LogP contribution in [0.4, 0.5) is 0 Å². The molecule has 1 N–H and O–H groups in total. The van der Waals surface area contributed by atoms with E-state index in [1.54, 1.807) is 0 Å². The van der Waals surface area contributed by atoms with Crippen molar-refractivity contribution in [1.29, 1.82) is 0 Å². The zero-order valence-electron chi connectivity index (χ0n) is 9.69. The van der Waals surface area contributed by atoms with Crippen molar-refractivity contribution in [2.75, 3.05) is 0 Å². The van der Waals surface area contributed by atoms with Gasteiger partial charge in [-0.05, 0) is 12.3 Å². The van der Waals surface area contributed by atoms with Gasteiger partial charge in [0.2, 0.25) is 0 Å². The highest BCUT2D eigenvalue weighted by atomic mass is 16.1. The monoisotopic (exact) mass is 223 g/mol. The lowest BCUT2D eigenvalue weighted by atomic mass is 9.95. The molecule has 0 aliphatic rings. The molecule has 1 aromatic rings. The predicted molar refractivity (Wildman–Crippen MR) is 60.3 cm³/mol. The first-order valence-corrected chi connectivity index (χ1v) is 5.62. The van der Waals surface area contributed by atoms with Gasteiger partial charge >= 0.3 is 0 Å². The molecule has 0 spiro atoms. The van der Waals surface area contributed by atoms with Crippen molar-refractivity contribution in [2.24, 2.45) is 5.92 Å². The molecular weight excluding hydrogens is 206 g/mol. The van der Waals surface area contributed by atoms with Crippen LogP contribution < -0.4 is 5.56 Å². The second-order valence-electron chi connectivity index (χ2n) is 3.84. The molecule has 0 fully saturated rings. The molecule has 0 saturated heterocycles. The second kappa shape index (κ2) is 6.15. The van der Waals surface area contributed by atoms with Crippen LogP contribution in [0.2, 0.25) is 0 Å². The number of ketones is 1. The normalized spacial score (nSPS) is 10.7. The molecule has 0 aromatic carbocycles. The van der Waals surface area contributed by atoms with Gasteiger partial charge in [-0.1, -0.05) is 31.9 Å². The summed E-state index contributed by atoms with van der Waals surface area (Å²) in [5, 5.41) is 8.98. The Kier molecular flexibility index (Phi) is 4.82. The molecule has 0 amide bonds. The van der Waals surface area contributed by atoms with Gasteiger partial charge in [-0.25, -0.2) is 5.10 Å². The average Bonchev–Trinajstić information content (AvgIpc) is 2.30. The van der Waals surface area contributed by atoms with E-state index in [1.165, 1.54) is 6.20 Å². The van der Waals surface area contributed by atoms with Crippen molar-refractivity contribution in [2.45, 2.75) is 39.5 Å². The first kappa shape index (κ1) is 12.5. The van der Waals surface area contributed by atoms with Gasteiger partial charge < -0.3 is 0 Å². The summed E-state index contributed by atoms with van der Waals surface area (Å²) in [4.78, 5) is 23.0. The van der Waals surface area contributed by atoms with Crippen molar-refractivity contribution in [3.05, 3.63) is 22.1 Å². The summed E-state index contributed by atoms with van der Waals surface area (Å²) in [6.07, 6.45) is 4.59. The largest absolute Gasteiger partial charge is 0.294 e. The number of carbonyl (C=O) groups is 1. The van der Waals surface area contributed by atoms with Crippen molar-refractivity contribution in [1.82, 2.24) is 15.4 Å². The highest BCUT2D eigenvalue weighted by Crippen LogP contribution is 2.15. The molecule has 0 aliphatic carbocycles. The Bertz CT molecular complexity index is 396. The Morgan fingerprint density at radius 3 is 2.69 bits per heavy atom. The zero-order chi connectivity index (χ0) is 12.0. The quantitative estimate of drug-likeness (QED) is 0.742. The summed E-state index contributed by atoms with van der Waals surface area (Å²) in [6.45, 7) is 4.22. The van der Waals surface area contributed by atoms with E-state index in [0.29, 0.717) is 12.3 Å². The van der Waals surface area contributed by atoms with Gasteiger partial charge in [-0.3, -0.25) is 9.59 Å². The molecular formula is C11H17N3O2. The Morgan fingerprint density at radius 2 is 2.12 bits per heavy atom. The number of hydrogen-bond donors (Lipinski definition) is 1. The maximum atomic E-state index is 11.7. The van der Waals surface area contributed by atoms with Crippen LogP contribution in [0.25, 0.3) is 0 Å². The minimum absolute atomic E-state index is 0.112. The highest BCUT2D eigenvalue weighted by molar-refractivity contribution is 5.95. The number of hydrogen-bond acceptors (Lipinski definition) is 4. The standard InChI is InChI=1S/C11H17N3O2/c1-3-8(4-2)5-6-10(15)9-7-12-14-13-11(9)16/h7-8H,3-6H2,1-2H3,(H,12,13,16). The van der Waals surface area contributed by atoms with Crippen molar-refractivity contribution in [3.63, 3.8) is 0 Å². The third-order valence-electron chi connectivity index (χ3n) is 2.88. The third-order valence-corrected chi connectivity index (χ3v) is 2.88. The van der Waals surface area contributed by atoms with E-state index in [9.17, 15) is 9.59 Å². The number of rotatable bonds is 6. The van der Waals surface area contributed by atoms with Gasteiger partial charge in [-0.2, -0.15) is 0 Å². The summed E-state index contributed by atoms with van der Waals surface area (Å²) in [5.74, 6) is 0.404. The second-order valence-corrected chi connectivity index (χ2v) is 3.84. The summed E-state index contributed by atoms with van der Waals surface area (Å²) in [7, 11) is 0. The molecule has 5 heteroatoms. The van der Waals surface area contributed by atoms with Crippen molar-refractivity contribution in [3.8, 4) is 0 Å². The SMILES string of the molecule is CCC(CC)CCC(=O)c1cnn[nH]c1=O. The van der Waals surface area contributed by atoms with Gasteiger partial charge in [0.05, 0.1) is 6.20 Å². The van der Waals surface area contributed by atoms with E-state index >= 15 is 0 Å². The fourth-order valence-electron chi connectivity index (χ4n) is 1.65. The van der Waals surface area contributed by atoms with Crippen LogP contribution in [-0.2, 0) is 0 Å². The number of nitrogens with zero attached hydrogens (tertiary/aromatic N) is 2. The number of Topliss-reactive ketones (excluding diaryl/α,β-unsaturated/α-hetero) is 1. The van der Waals surface area contributed by atoms with E-state index in [2.05, 4.69) is 29.3 Å². The predicted octanol–water partition coefficient (Wildman–Crippen LogP) is 1.56. The average molecular weight is 223 g/mol. The van der Waals surface area contributed by atoms with Crippen LogP contribution >= 0.6 is 0 Å². The number of aromatic amines is 1. The Labute approximate surface area is 94.3 Å². The maximum Gasteiger partial charge on any atom is 0.278 e. The molecule has 1 aromatic heterocycles. The molecule has 0 unspecified atom stereocenters. The van der Waals surface area contributed by atoms with Crippen LogP contribution in [0.5, 0.6) is 0 Å². The first-order valence-electron chi connectivity index (χ1n) is 5.62. The molecule has 5 nitrogen and oxygen atoms in total. The minimum Gasteiger partial charge on any atom is -0.294 e. The lowest BCUT2D eigenvalue weighted by molar-refractivity contribution is 0.0970. The molecule has 88 valence electrons. The van der Waals surface area contributed by atoms with Gasteiger partial charge in [0.25, 0.3) is 5.56 Å². The van der Waals surface area contributed by atoms with E-state index in [1.807, 2.05) is 0 Å². The van der Waals surface area contributed by atoms with Gasteiger partial charge in [0.15, 0.2) is 5.78 Å². The maximum absolute atomic E-state index is 11.7. The van der Waals surface area contributed by atoms with Gasteiger partial charge in [-0.15, -0.1) is 5.10 Å². The molecule has 0 atom stereocenters. The van der Waals surface area contributed by atoms with Crippen LogP contribution in [-0.4, -0.2) is 21.2 Å². The van der Waals surface area contributed by atoms with Gasteiger partial charge in [0, 0.05) is 6.42 Å². The Hall–Kier alpha value is -1.52. The third kappa shape index (κ3) is 3.25. The van der Waals surface area contributed by atoms with Crippen LogP contribution in [0.1, 0.15) is 49.9 Å². The molecule has 0 saturated carbocycles. The molecule has 0 aliphatic heterocycles. The lowest BCUT2D eigenvalue weighted by Gasteiger charge is -2.10. The zero-order valence-corrected chi connectivity index (χ0v) is 9.69. The molecule has 1 rings (SSSR count). The fourth-order valence-corrected chi connectivity index (χ4v) is 1.65. The topological polar surface area (TPSA) is 75.7 Å². The van der Waals surface area contributed by atoms with Crippen LogP contribution in [0, 0.1) is 5.92 Å². The Balaban J connectivity index is 2.60. The molecule has 1 heterocycles. The summed E-state index contributed by atoms with van der Waals surface area (Å²) in [5.41, 5.74) is -0.342. The molecule has 0 bridgehead atoms. The van der Waals surface area contributed by atoms with E-state index in [-0.39, 0.29) is 11.3 Å². The number of nitrogens with one attached hydrogen (secondary N) is 1. The lowest BCUT2D eigenvalue weighted by Crippen LogP contribution is -2.20. The minimum atomic E-state index is -0.454. The summed E-state index contributed by atoms with van der Waals surface area (Å²) < 4.78 is 0. The molecule has 16 heavy (non-hydrogen) atoms.